The van der Waals surface area contributed by atoms with E-state index in [9.17, 15) is 5.11 Å². The van der Waals surface area contributed by atoms with E-state index in [4.69, 9.17) is 10.2 Å². The van der Waals surface area contributed by atoms with Crippen molar-refractivity contribution in [2.75, 3.05) is 5.75 Å². The Labute approximate surface area is 138 Å². The molecule has 1 aliphatic rings. The van der Waals surface area contributed by atoms with E-state index >= 15 is 0 Å². The molecule has 1 fully saturated rings. The summed E-state index contributed by atoms with van der Waals surface area (Å²) in [5.74, 6) is 1.52. The summed E-state index contributed by atoms with van der Waals surface area (Å²) >= 11 is 1.85. The Kier molecular flexibility index (Phi) is 10.2. The van der Waals surface area contributed by atoms with E-state index in [1.54, 1.807) is 6.92 Å². The van der Waals surface area contributed by atoms with E-state index in [1.807, 2.05) is 11.8 Å². The van der Waals surface area contributed by atoms with E-state index in [1.165, 1.54) is 12.0 Å². The highest BCUT2D eigenvalue weighted by Gasteiger charge is 2.22. The lowest BCUT2D eigenvalue weighted by molar-refractivity contribution is -0.0413. The van der Waals surface area contributed by atoms with Crippen LogP contribution in [-0.4, -0.2) is 33.5 Å². The molecule has 22 heavy (non-hydrogen) atoms. The predicted octanol–water partition coefficient (Wildman–Crippen LogP) is 3.34. The zero-order chi connectivity index (χ0) is 16.2. The maximum Gasteiger partial charge on any atom is 0.151 e. The summed E-state index contributed by atoms with van der Waals surface area (Å²) in [6.07, 6.45) is 5.80. The molecule has 1 unspecified atom stereocenters. The number of aryl methyl sites for hydroxylation is 1. The molecule has 1 saturated carbocycles. The van der Waals surface area contributed by atoms with E-state index < -0.39 is 6.29 Å². The molecule has 0 radical (unpaired) electrons. The third-order valence-electron chi connectivity index (χ3n) is 3.67. The molecule has 2 rings (SSSR count). The number of aliphatic hydroxyl groups excluding tert-OH is 2. The number of hydrogen-bond donors (Lipinski definition) is 3. The van der Waals surface area contributed by atoms with Crippen molar-refractivity contribution in [3.63, 3.8) is 0 Å². The molecule has 0 amide bonds. The maximum atomic E-state index is 9.66. The monoisotopic (exact) mass is 324 g/mol. The number of hydrogen-bond acceptors (Lipinski definition) is 4. The van der Waals surface area contributed by atoms with Crippen LogP contribution in [0.25, 0.3) is 0 Å². The van der Waals surface area contributed by atoms with E-state index in [2.05, 4.69) is 41.8 Å². The molecule has 4 heteroatoms. The quantitative estimate of drug-likeness (QED) is 0.555. The van der Waals surface area contributed by atoms with Crippen molar-refractivity contribution in [1.82, 2.24) is 0 Å². The van der Waals surface area contributed by atoms with Crippen LogP contribution in [0.2, 0.25) is 0 Å². The molecule has 0 spiro atoms. The van der Waals surface area contributed by atoms with Gasteiger partial charge in [0.15, 0.2) is 6.29 Å². The second kappa shape index (κ2) is 11.7. The molecular formula is C18H28O3S. The highest BCUT2D eigenvalue weighted by atomic mass is 32.2. The summed E-state index contributed by atoms with van der Waals surface area (Å²) in [5, 5.41) is 27.7. The minimum absolute atomic E-state index is 0.0963. The van der Waals surface area contributed by atoms with Crippen molar-refractivity contribution in [3.05, 3.63) is 47.4 Å². The molecule has 0 aliphatic heterocycles. The third kappa shape index (κ3) is 8.59. The Morgan fingerprint density at radius 2 is 1.91 bits per heavy atom. The van der Waals surface area contributed by atoms with E-state index in [0.29, 0.717) is 12.3 Å². The Balaban J connectivity index is 0.000000422. The van der Waals surface area contributed by atoms with Gasteiger partial charge in [-0.3, -0.25) is 0 Å². The number of benzene rings is 1. The van der Waals surface area contributed by atoms with Crippen LogP contribution in [0.15, 0.2) is 41.8 Å². The second-order valence-electron chi connectivity index (χ2n) is 5.49. The Morgan fingerprint density at radius 1 is 1.23 bits per heavy atom. The summed E-state index contributed by atoms with van der Waals surface area (Å²) in [7, 11) is 0. The zero-order valence-electron chi connectivity index (χ0n) is 13.3. The molecule has 1 aromatic rings. The van der Waals surface area contributed by atoms with Gasteiger partial charge in [-0.15, -0.1) is 11.8 Å². The van der Waals surface area contributed by atoms with Crippen molar-refractivity contribution < 1.29 is 15.3 Å². The molecule has 0 aromatic heterocycles. The smallest absolute Gasteiger partial charge is 0.151 e. The normalized spacial score (nSPS) is 21.1. The summed E-state index contributed by atoms with van der Waals surface area (Å²) in [6, 6.07) is 10.6. The van der Waals surface area contributed by atoms with Crippen molar-refractivity contribution in [3.8, 4) is 0 Å². The van der Waals surface area contributed by atoms with Gasteiger partial charge in [0, 0.05) is 11.7 Å². The van der Waals surface area contributed by atoms with Crippen LogP contribution in [0, 0.1) is 5.92 Å². The molecule has 3 nitrogen and oxygen atoms in total. The number of aliphatic hydroxyl groups is 3. The highest BCUT2D eigenvalue weighted by Crippen LogP contribution is 2.27. The van der Waals surface area contributed by atoms with E-state index in [-0.39, 0.29) is 6.10 Å². The fourth-order valence-electron chi connectivity index (χ4n) is 2.24. The molecule has 0 bridgehead atoms. The van der Waals surface area contributed by atoms with Crippen molar-refractivity contribution >= 4 is 11.8 Å². The van der Waals surface area contributed by atoms with Gasteiger partial charge < -0.3 is 15.3 Å². The first-order chi connectivity index (χ1) is 10.6. The Bertz CT molecular complexity index is 406. The molecule has 1 aromatic carbocycles. The van der Waals surface area contributed by atoms with Crippen molar-refractivity contribution in [2.45, 2.75) is 51.4 Å². The lowest BCUT2D eigenvalue weighted by atomic mass is 10.1. The highest BCUT2D eigenvalue weighted by molar-refractivity contribution is 8.02. The van der Waals surface area contributed by atoms with Gasteiger partial charge in [-0.25, -0.2) is 0 Å². The van der Waals surface area contributed by atoms with Gasteiger partial charge in [-0.1, -0.05) is 49.8 Å². The molecule has 0 heterocycles. The van der Waals surface area contributed by atoms with Gasteiger partial charge >= 0.3 is 0 Å². The van der Waals surface area contributed by atoms with Crippen LogP contribution in [0.3, 0.4) is 0 Å². The summed E-state index contributed by atoms with van der Waals surface area (Å²) in [5.41, 5.74) is 1.40. The summed E-state index contributed by atoms with van der Waals surface area (Å²) < 4.78 is 0. The first kappa shape index (κ1) is 19.2. The first-order valence-electron chi connectivity index (χ1n) is 8.00. The fourth-order valence-corrected chi connectivity index (χ4v) is 3.04. The second-order valence-corrected chi connectivity index (χ2v) is 6.50. The molecular weight excluding hydrogens is 296 g/mol. The molecule has 2 atom stereocenters. The van der Waals surface area contributed by atoms with Crippen molar-refractivity contribution in [2.24, 2.45) is 5.92 Å². The van der Waals surface area contributed by atoms with Crippen LogP contribution < -0.4 is 0 Å². The zero-order valence-corrected chi connectivity index (χ0v) is 14.1. The minimum atomic E-state index is -1.12. The lowest BCUT2D eigenvalue weighted by Crippen LogP contribution is -2.09. The van der Waals surface area contributed by atoms with Gasteiger partial charge in [0.25, 0.3) is 0 Å². The van der Waals surface area contributed by atoms with Crippen LogP contribution in [0.4, 0.5) is 0 Å². The van der Waals surface area contributed by atoms with Crippen LogP contribution >= 0.6 is 11.8 Å². The van der Waals surface area contributed by atoms with Gasteiger partial charge in [0.2, 0.25) is 0 Å². The Hall–Kier alpha value is -0.810. The summed E-state index contributed by atoms with van der Waals surface area (Å²) in [6.45, 7) is 1.70. The minimum Gasteiger partial charge on any atom is -0.393 e. The van der Waals surface area contributed by atoms with Gasteiger partial charge in [-0.05, 0) is 36.7 Å². The third-order valence-corrected chi connectivity index (χ3v) is 4.46. The molecule has 0 saturated heterocycles. The van der Waals surface area contributed by atoms with Gasteiger partial charge in [-0.2, -0.15) is 0 Å². The van der Waals surface area contributed by atoms with Crippen molar-refractivity contribution in [1.29, 1.82) is 0 Å². The number of rotatable bonds is 6. The van der Waals surface area contributed by atoms with Crippen LogP contribution in [0.5, 0.6) is 0 Å². The largest absolute Gasteiger partial charge is 0.393 e. The molecule has 1 aliphatic carbocycles. The van der Waals surface area contributed by atoms with Gasteiger partial charge in [0.05, 0.1) is 6.10 Å². The van der Waals surface area contributed by atoms with Crippen LogP contribution in [-0.2, 0) is 6.42 Å². The lowest BCUT2D eigenvalue weighted by Gasteiger charge is -2.07. The average molecular weight is 324 g/mol. The summed E-state index contributed by atoms with van der Waals surface area (Å²) in [4.78, 5) is 0. The van der Waals surface area contributed by atoms with Crippen LogP contribution in [0.1, 0.15) is 38.2 Å². The maximum absolute atomic E-state index is 9.66. The Morgan fingerprint density at radius 3 is 2.45 bits per heavy atom. The van der Waals surface area contributed by atoms with E-state index in [0.717, 1.165) is 25.0 Å². The SMILES string of the molecule is CCC(O)O.O[C@@H]1CCCC1/C=C/SCCc1ccccc1. The first-order valence-corrected chi connectivity index (χ1v) is 9.04. The predicted molar refractivity (Wildman–Crippen MR) is 93.6 cm³/mol. The topological polar surface area (TPSA) is 60.7 Å². The standard InChI is InChI=1S/C15H20OS.C3H8O2/c16-15-8-4-7-14(15)10-12-17-11-9-13-5-2-1-3-6-13;1-2-3(4)5/h1-3,5-6,10,12,14-16H,4,7-9,11H2;3-5H,2H2,1H3/b12-10+;/t14?,15-;/m1./s1. The number of thioether (sulfide) groups is 1. The average Bonchev–Trinajstić information content (AvgIpc) is 2.94. The molecule has 3 N–H and O–H groups in total. The fraction of sp³-hybridized carbons (Fsp3) is 0.556. The van der Waals surface area contributed by atoms with Gasteiger partial charge in [0.1, 0.15) is 0 Å². The molecule has 124 valence electrons.